The van der Waals surface area contributed by atoms with Crippen molar-refractivity contribution in [2.24, 2.45) is 4.99 Å². The Hall–Kier alpha value is -2.90. The molecular formula is C18H22F2N4O2. The molecule has 1 heterocycles. The molecule has 0 atom stereocenters. The summed E-state index contributed by atoms with van der Waals surface area (Å²) >= 11 is 0. The Morgan fingerprint density at radius 3 is 2.73 bits per heavy atom. The molecule has 0 radical (unpaired) electrons. The van der Waals surface area contributed by atoms with Crippen LogP contribution in [0.4, 0.5) is 8.78 Å². The number of aliphatic imine (C=N–C) groups is 1. The Morgan fingerprint density at radius 1 is 1.23 bits per heavy atom. The van der Waals surface area contributed by atoms with Crippen molar-refractivity contribution in [3.05, 3.63) is 53.9 Å². The predicted molar refractivity (Wildman–Crippen MR) is 95.5 cm³/mol. The van der Waals surface area contributed by atoms with E-state index < -0.39 is 6.61 Å². The van der Waals surface area contributed by atoms with Gasteiger partial charge in [-0.2, -0.15) is 8.78 Å². The highest BCUT2D eigenvalue weighted by molar-refractivity contribution is 5.79. The summed E-state index contributed by atoms with van der Waals surface area (Å²) in [5.41, 5.74) is 1.36. The Bertz CT molecular complexity index is 712. The zero-order chi connectivity index (χ0) is 18.8. The van der Waals surface area contributed by atoms with Gasteiger partial charge in [-0.1, -0.05) is 6.07 Å². The molecule has 0 aliphatic rings. The third kappa shape index (κ3) is 6.19. The van der Waals surface area contributed by atoms with E-state index in [1.165, 1.54) is 13.2 Å². The van der Waals surface area contributed by atoms with Crippen molar-refractivity contribution in [2.45, 2.75) is 26.6 Å². The van der Waals surface area contributed by atoms with Crippen LogP contribution in [0.25, 0.3) is 0 Å². The molecular weight excluding hydrogens is 342 g/mol. The van der Waals surface area contributed by atoms with Crippen LogP contribution in [0.2, 0.25) is 0 Å². The van der Waals surface area contributed by atoms with E-state index in [1.54, 1.807) is 18.3 Å². The number of halogens is 2. The number of benzene rings is 1. The fraction of sp³-hybridized carbons (Fsp3) is 0.333. The van der Waals surface area contributed by atoms with Crippen molar-refractivity contribution in [1.82, 2.24) is 15.6 Å². The number of methoxy groups -OCH3 is 1. The van der Waals surface area contributed by atoms with Gasteiger partial charge >= 0.3 is 6.61 Å². The summed E-state index contributed by atoms with van der Waals surface area (Å²) in [5, 5.41) is 6.26. The largest absolute Gasteiger partial charge is 0.497 e. The molecule has 0 spiro atoms. The SMILES string of the molecule is CCNC(=NCc1cc(OC)ccc1OC(F)F)NCc1ccccn1. The van der Waals surface area contributed by atoms with Gasteiger partial charge in [-0.05, 0) is 37.3 Å². The van der Waals surface area contributed by atoms with Crippen LogP contribution >= 0.6 is 0 Å². The first-order valence-corrected chi connectivity index (χ1v) is 8.16. The molecule has 2 N–H and O–H groups in total. The lowest BCUT2D eigenvalue weighted by Gasteiger charge is -2.13. The highest BCUT2D eigenvalue weighted by Gasteiger charge is 2.11. The first kappa shape index (κ1) is 19.4. The predicted octanol–water partition coefficient (Wildman–Crippen LogP) is 2.95. The van der Waals surface area contributed by atoms with Crippen molar-refractivity contribution in [1.29, 1.82) is 0 Å². The summed E-state index contributed by atoms with van der Waals surface area (Å²) in [6.45, 7) is 0.338. The van der Waals surface area contributed by atoms with Gasteiger partial charge in [-0.25, -0.2) is 4.99 Å². The van der Waals surface area contributed by atoms with E-state index in [0.717, 1.165) is 5.69 Å². The summed E-state index contributed by atoms with van der Waals surface area (Å²) < 4.78 is 34.9. The maximum absolute atomic E-state index is 12.6. The molecule has 0 bridgehead atoms. The Labute approximate surface area is 151 Å². The normalized spacial score (nSPS) is 11.3. The molecule has 1 aromatic carbocycles. The third-order valence-corrected chi connectivity index (χ3v) is 3.40. The number of ether oxygens (including phenoxy) is 2. The molecule has 26 heavy (non-hydrogen) atoms. The molecule has 1 aromatic heterocycles. The maximum atomic E-state index is 12.6. The molecule has 0 saturated heterocycles. The van der Waals surface area contributed by atoms with Gasteiger partial charge in [0.2, 0.25) is 0 Å². The van der Waals surface area contributed by atoms with Gasteiger partial charge in [0.1, 0.15) is 11.5 Å². The summed E-state index contributed by atoms with van der Waals surface area (Å²) in [7, 11) is 1.51. The fourth-order valence-corrected chi connectivity index (χ4v) is 2.20. The second-order valence-electron chi connectivity index (χ2n) is 5.22. The van der Waals surface area contributed by atoms with Crippen LogP contribution in [0, 0.1) is 0 Å². The number of alkyl halides is 2. The maximum Gasteiger partial charge on any atom is 0.387 e. The number of nitrogens with one attached hydrogen (secondary N) is 2. The Morgan fingerprint density at radius 2 is 2.08 bits per heavy atom. The van der Waals surface area contributed by atoms with Crippen molar-refractivity contribution < 1.29 is 18.3 Å². The molecule has 2 aromatic rings. The van der Waals surface area contributed by atoms with Crippen LogP contribution in [-0.4, -0.2) is 31.2 Å². The minimum absolute atomic E-state index is 0.0742. The summed E-state index contributed by atoms with van der Waals surface area (Å²) in [5.74, 6) is 1.16. The van der Waals surface area contributed by atoms with Crippen molar-refractivity contribution in [3.8, 4) is 11.5 Å². The first-order chi connectivity index (χ1) is 12.6. The van der Waals surface area contributed by atoms with Gasteiger partial charge in [0, 0.05) is 18.3 Å². The molecule has 0 aliphatic carbocycles. The summed E-state index contributed by atoms with van der Waals surface area (Å²) in [6, 6.07) is 10.3. The number of hydrogen-bond donors (Lipinski definition) is 2. The number of aromatic nitrogens is 1. The van der Waals surface area contributed by atoms with E-state index in [-0.39, 0.29) is 12.3 Å². The standard InChI is InChI=1S/C18H22F2N4O2/c1-3-21-18(24-12-14-6-4-5-9-22-14)23-11-13-10-15(25-2)7-8-16(13)26-17(19)20/h4-10,17H,3,11-12H2,1-2H3,(H2,21,23,24). The van der Waals surface area contributed by atoms with Gasteiger partial charge in [-0.3, -0.25) is 4.98 Å². The molecule has 6 nitrogen and oxygen atoms in total. The lowest BCUT2D eigenvalue weighted by atomic mass is 10.2. The monoisotopic (exact) mass is 364 g/mol. The van der Waals surface area contributed by atoms with Crippen molar-refractivity contribution in [2.75, 3.05) is 13.7 Å². The minimum atomic E-state index is -2.90. The minimum Gasteiger partial charge on any atom is -0.497 e. The van der Waals surface area contributed by atoms with Gasteiger partial charge in [0.05, 0.1) is 25.9 Å². The van der Waals surface area contributed by atoms with Gasteiger partial charge in [0.25, 0.3) is 0 Å². The van der Waals surface area contributed by atoms with Crippen LogP contribution in [0.5, 0.6) is 11.5 Å². The number of pyridine rings is 1. The average Bonchev–Trinajstić information content (AvgIpc) is 2.65. The zero-order valence-electron chi connectivity index (χ0n) is 14.7. The van der Waals surface area contributed by atoms with Crippen molar-refractivity contribution >= 4 is 5.96 Å². The van der Waals surface area contributed by atoms with Crippen LogP contribution < -0.4 is 20.1 Å². The molecule has 0 fully saturated rings. The van der Waals surface area contributed by atoms with E-state index in [0.29, 0.717) is 30.4 Å². The van der Waals surface area contributed by atoms with E-state index in [2.05, 4.69) is 25.3 Å². The topological polar surface area (TPSA) is 67.8 Å². The Kier molecular flexibility index (Phi) is 7.60. The van der Waals surface area contributed by atoms with Gasteiger partial charge in [-0.15, -0.1) is 0 Å². The number of guanidine groups is 1. The number of nitrogens with zero attached hydrogens (tertiary/aromatic N) is 2. The smallest absolute Gasteiger partial charge is 0.387 e. The number of rotatable bonds is 8. The van der Waals surface area contributed by atoms with Crippen LogP contribution in [0.3, 0.4) is 0 Å². The molecule has 8 heteroatoms. The summed E-state index contributed by atoms with van der Waals surface area (Å²) in [4.78, 5) is 8.66. The average molecular weight is 364 g/mol. The van der Waals surface area contributed by atoms with E-state index in [9.17, 15) is 8.78 Å². The van der Waals surface area contributed by atoms with Crippen LogP contribution in [-0.2, 0) is 13.1 Å². The molecule has 0 amide bonds. The quantitative estimate of drug-likeness (QED) is 0.557. The lowest BCUT2D eigenvalue weighted by molar-refractivity contribution is -0.0504. The second kappa shape index (κ2) is 10.2. The fourth-order valence-electron chi connectivity index (χ4n) is 2.20. The highest BCUT2D eigenvalue weighted by atomic mass is 19.3. The van der Waals surface area contributed by atoms with E-state index in [1.807, 2.05) is 25.1 Å². The molecule has 140 valence electrons. The Balaban J connectivity index is 2.11. The molecule has 0 unspecified atom stereocenters. The first-order valence-electron chi connectivity index (χ1n) is 8.16. The lowest BCUT2D eigenvalue weighted by Crippen LogP contribution is -2.37. The van der Waals surface area contributed by atoms with E-state index >= 15 is 0 Å². The zero-order valence-corrected chi connectivity index (χ0v) is 14.7. The van der Waals surface area contributed by atoms with Crippen LogP contribution in [0.1, 0.15) is 18.2 Å². The molecule has 0 saturated carbocycles. The van der Waals surface area contributed by atoms with Crippen LogP contribution in [0.15, 0.2) is 47.6 Å². The second-order valence-corrected chi connectivity index (χ2v) is 5.22. The third-order valence-electron chi connectivity index (χ3n) is 3.40. The van der Waals surface area contributed by atoms with Gasteiger partial charge < -0.3 is 20.1 Å². The van der Waals surface area contributed by atoms with Crippen molar-refractivity contribution in [3.63, 3.8) is 0 Å². The van der Waals surface area contributed by atoms with Gasteiger partial charge in [0.15, 0.2) is 5.96 Å². The number of hydrogen-bond acceptors (Lipinski definition) is 4. The molecule has 0 aliphatic heterocycles. The molecule has 2 rings (SSSR count). The van der Waals surface area contributed by atoms with E-state index in [4.69, 9.17) is 4.74 Å². The summed E-state index contributed by atoms with van der Waals surface area (Å²) in [6.07, 6.45) is 1.71. The highest BCUT2D eigenvalue weighted by Crippen LogP contribution is 2.26.